The molecular formula is C16H26N4O. The maximum absolute atomic E-state index is 5.47. The molecule has 1 unspecified atom stereocenters. The average molecular weight is 290 g/mol. The summed E-state index contributed by atoms with van der Waals surface area (Å²) < 4.78 is 5.47. The summed E-state index contributed by atoms with van der Waals surface area (Å²) in [4.78, 5) is 11.7. The fourth-order valence-corrected chi connectivity index (χ4v) is 3.53. The van der Waals surface area contributed by atoms with Crippen molar-refractivity contribution in [2.45, 2.75) is 38.6 Å². The minimum absolute atomic E-state index is 0.460. The monoisotopic (exact) mass is 290 g/mol. The third-order valence-electron chi connectivity index (χ3n) is 4.65. The van der Waals surface area contributed by atoms with Gasteiger partial charge in [0.2, 0.25) is 0 Å². The van der Waals surface area contributed by atoms with E-state index in [9.17, 15) is 0 Å². The number of hydrogen-bond acceptors (Lipinski definition) is 5. The summed E-state index contributed by atoms with van der Waals surface area (Å²) >= 11 is 0. The Labute approximate surface area is 127 Å². The molecule has 0 spiro atoms. The van der Waals surface area contributed by atoms with Crippen LogP contribution in [0.4, 0.5) is 5.82 Å². The van der Waals surface area contributed by atoms with Gasteiger partial charge in [-0.25, -0.2) is 9.97 Å². The fraction of sp³-hybridized carbons (Fsp3) is 0.750. The van der Waals surface area contributed by atoms with E-state index in [4.69, 9.17) is 4.74 Å². The minimum atomic E-state index is 0.460. The predicted molar refractivity (Wildman–Crippen MR) is 83.4 cm³/mol. The van der Waals surface area contributed by atoms with Gasteiger partial charge in [0, 0.05) is 32.9 Å². The maximum atomic E-state index is 5.47. The SMILES string of the molecule is CNc1cc(C2CCCN2CC2CCOCC2)nc(C)n1. The largest absolute Gasteiger partial charge is 0.381 e. The molecule has 1 atom stereocenters. The number of anilines is 1. The third kappa shape index (κ3) is 3.52. The molecule has 2 saturated heterocycles. The van der Waals surface area contributed by atoms with Gasteiger partial charge in [-0.2, -0.15) is 0 Å². The van der Waals surface area contributed by atoms with Crippen molar-refractivity contribution in [1.29, 1.82) is 0 Å². The maximum Gasteiger partial charge on any atom is 0.129 e. The zero-order valence-electron chi connectivity index (χ0n) is 13.1. The lowest BCUT2D eigenvalue weighted by Crippen LogP contribution is -2.32. The van der Waals surface area contributed by atoms with Crippen LogP contribution in [0.3, 0.4) is 0 Å². The van der Waals surface area contributed by atoms with E-state index >= 15 is 0 Å². The molecule has 2 aliphatic rings. The molecule has 2 aliphatic heterocycles. The van der Waals surface area contributed by atoms with E-state index in [1.807, 2.05) is 14.0 Å². The van der Waals surface area contributed by atoms with Gasteiger partial charge in [-0.15, -0.1) is 0 Å². The first-order valence-corrected chi connectivity index (χ1v) is 8.11. The van der Waals surface area contributed by atoms with Crippen LogP contribution in [0.25, 0.3) is 0 Å². The van der Waals surface area contributed by atoms with Crippen molar-refractivity contribution < 1.29 is 4.74 Å². The highest BCUT2D eigenvalue weighted by molar-refractivity contribution is 5.36. The summed E-state index contributed by atoms with van der Waals surface area (Å²) in [5, 5.41) is 3.14. The first-order chi connectivity index (χ1) is 10.3. The molecule has 0 saturated carbocycles. The number of aromatic nitrogens is 2. The van der Waals surface area contributed by atoms with Crippen LogP contribution in [0.1, 0.15) is 43.2 Å². The topological polar surface area (TPSA) is 50.3 Å². The molecule has 1 aromatic rings. The number of nitrogens with zero attached hydrogens (tertiary/aromatic N) is 3. The van der Waals surface area contributed by atoms with Gasteiger partial charge in [0.05, 0.1) is 11.7 Å². The van der Waals surface area contributed by atoms with Gasteiger partial charge in [0.1, 0.15) is 11.6 Å². The van der Waals surface area contributed by atoms with Gasteiger partial charge in [-0.1, -0.05) is 0 Å². The Kier molecular flexibility index (Phi) is 4.70. The molecule has 0 amide bonds. The molecule has 116 valence electrons. The third-order valence-corrected chi connectivity index (χ3v) is 4.65. The van der Waals surface area contributed by atoms with Crippen LogP contribution in [0.2, 0.25) is 0 Å². The molecule has 21 heavy (non-hydrogen) atoms. The zero-order valence-corrected chi connectivity index (χ0v) is 13.1. The number of aryl methyl sites for hydroxylation is 1. The number of likely N-dealkylation sites (tertiary alicyclic amines) is 1. The molecule has 0 radical (unpaired) electrons. The second-order valence-corrected chi connectivity index (χ2v) is 6.18. The summed E-state index contributed by atoms with van der Waals surface area (Å²) in [6, 6.07) is 2.57. The standard InChI is InChI=1S/C16H26N4O/c1-12-18-14(10-16(17-2)19-12)15-4-3-7-20(15)11-13-5-8-21-9-6-13/h10,13,15H,3-9,11H2,1-2H3,(H,17,18,19). The lowest BCUT2D eigenvalue weighted by molar-refractivity contribution is 0.0504. The van der Waals surface area contributed by atoms with Crippen LogP contribution >= 0.6 is 0 Å². The van der Waals surface area contributed by atoms with E-state index in [-0.39, 0.29) is 0 Å². The molecule has 1 N–H and O–H groups in total. The van der Waals surface area contributed by atoms with E-state index in [2.05, 4.69) is 26.3 Å². The summed E-state index contributed by atoms with van der Waals surface area (Å²) in [5.41, 5.74) is 1.18. The zero-order chi connectivity index (χ0) is 14.7. The van der Waals surface area contributed by atoms with Gasteiger partial charge in [0.15, 0.2) is 0 Å². The van der Waals surface area contributed by atoms with Gasteiger partial charge >= 0.3 is 0 Å². The van der Waals surface area contributed by atoms with Crippen molar-refractivity contribution >= 4 is 5.82 Å². The van der Waals surface area contributed by atoms with Gasteiger partial charge in [0.25, 0.3) is 0 Å². The highest BCUT2D eigenvalue weighted by Crippen LogP contribution is 2.33. The lowest BCUT2D eigenvalue weighted by atomic mass is 9.99. The van der Waals surface area contributed by atoms with Gasteiger partial charge < -0.3 is 10.1 Å². The summed E-state index contributed by atoms with van der Waals surface area (Å²) in [5.74, 6) is 2.57. The smallest absolute Gasteiger partial charge is 0.129 e. The lowest BCUT2D eigenvalue weighted by Gasteiger charge is -2.30. The van der Waals surface area contributed by atoms with Crippen molar-refractivity contribution in [2.75, 3.05) is 38.7 Å². The molecule has 0 aliphatic carbocycles. The molecular weight excluding hydrogens is 264 g/mol. The fourth-order valence-electron chi connectivity index (χ4n) is 3.53. The van der Waals surface area contributed by atoms with Crippen LogP contribution in [0.15, 0.2) is 6.07 Å². The van der Waals surface area contributed by atoms with Crippen LogP contribution in [-0.2, 0) is 4.74 Å². The number of hydrogen-bond donors (Lipinski definition) is 1. The molecule has 5 heteroatoms. The van der Waals surface area contributed by atoms with E-state index < -0.39 is 0 Å². The number of rotatable bonds is 4. The Morgan fingerprint density at radius 1 is 1.29 bits per heavy atom. The molecule has 3 rings (SSSR count). The van der Waals surface area contributed by atoms with Crippen molar-refractivity contribution in [3.8, 4) is 0 Å². The van der Waals surface area contributed by atoms with Crippen LogP contribution in [0.5, 0.6) is 0 Å². The second-order valence-electron chi connectivity index (χ2n) is 6.18. The van der Waals surface area contributed by atoms with Crippen LogP contribution in [0, 0.1) is 12.8 Å². The summed E-state index contributed by atoms with van der Waals surface area (Å²) in [6.45, 7) is 6.22. The van der Waals surface area contributed by atoms with Crippen LogP contribution in [-0.4, -0.2) is 48.2 Å². The van der Waals surface area contributed by atoms with Crippen molar-refractivity contribution in [1.82, 2.24) is 14.9 Å². The number of ether oxygens (including phenoxy) is 1. The van der Waals surface area contributed by atoms with Crippen molar-refractivity contribution in [2.24, 2.45) is 5.92 Å². The summed E-state index contributed by atoms with van der Waals surface area (Å²) in [7, 11) is 1.92. The van der Waals surface area contributed by atoms with E-state index in [0.717, 1.165) is 30.8 Å². The normalized spacial score (nSPS) is 24.4. The van der Waals surface area contributed by atoms with E-state index in [0.29, 0.717) is 6.04 Å². The highest BCUT2D eigenvalue weighted by atomic mass is 16.5. The molecule has 0 bridgehead atoms. The molecule has 0 aromatic carbocycles. The first kappa shape index (κ1) is 14.7. The Morgan fingerprint density at radius 2 is 2.10 bits per heavy atom. The highest BCUT2D eigenvalue weighted by Gasteiger charge is 2.30. The van der Waals surface area contributed by atoms with E-state index in [1.165, 1.54) is 44.5 Å². The second kappa shape index (κ2) is 6.71. The Morgan fingerprint density at radius 3 is 2.86 bits per heavy atom. The Bertz CT molecular complexity index is 473. The Hall–Kier alpha value is -1.20. The quantitative estimate of drug-likeness (QED) is 0.922. The van der Waals surface area contributed by atoms with Gasteiger partial charge in [-0.3, -0.25) is 4.90 Å². The first-order valence-electron chi connectivity index (χ1n) is 8.11. The average Bonchev–Trinajstić information content (AvgIpc) is 2.96. The summed E-state index contributed by atoms with van der Waals surface area (Å²) in [6.07, 6.45) is 4.89. The van der Waals surface area contributed by atoms with Crippen molar-refractivity contribution in [3.05, 3.63) is 17.6 Å². The molecule has 2 fully saturated rings. The van der Waals surface area contributed by atoms with Gasteiger partial charge in [-0.05, 0) is 45.1 Å². The van der Waals surface area contributed by atoms with E-state index in [1.54, 1.807) is 0 Å². The van der Waals surface area contributed by atoms with Crippen molar-refractivity contribution in [3.63, 3.8) is 0 Å². The Balaban J connectivity index is 1.72. The minimum Gasteiger partial charge on any atom is -0.381 e. The molecule has 5 nitrogen and oxygen atoms in total. The number of nitrogens with one attached hydrogen (secondary N) is 1. The molecule has 3 heterocycles. The van der Waals surface area contributed by atoms with Crippen LogP contribution < -0.4 is 5.32 Å². The predicted octanol–water partition coefficient (Wildman–Crippen LogP) is 2.39. The molecule has 1 aromatic heterocycles.